The van der Waals surface area contributed by atoms with Crippen LogP contribution >= 0.6 is 11.3 Å². The third-order valence-corrected chi connectivity index (χ3v) is 7.86. The van der Waals surface area contributed by atoms with Crippen LogP contribution < -0.4 is 5.73 Å². The van der Waals surface area contributed by atoms with E-state index in [-0.39, 0.29) is 27.5 Å². The van der Waals surface area contributed by atoms with Crippen LogP contribution in [0.4, 0.5) is 13.2 Å². The molecule has 0 radical (unpaired) electrons. The Balaban J connectivity index is 0.000000505. The highest BCUT2D eigenvalue weighted by molar-refractivity contribution is 7.16. The lowest BCUT2D eigenvalue weighted by atomic mass is 9.73. The number of aromatic carboxylic acids is 1. The highest BCUT2D eigenvalue weighted by atomic mass is 32.1. The largest absolute Gasteiger partial charge is 0.490 e. The second-order valence-electron chi connectivity index (χ2n) is 10.2. The molecule has 1 amide bonds. The lowest BCUT2D eigenvalue weighted by Gasteiger charge is -2.33. The van der Waals surface area contributed by atoms with Crippen molar-refractivity contribution in [3.63, 3.8) is 0 Å². The van der Waals surface area contributed by atoms with Crippen molar-refractivity contribution in [1.29, 1.82) is 0 Å². The Bertz CT molecular complexity index is 1250. The molecule has 2 aliphatic rings. The molecule has 1 aromatic carbocycles. The number of hydrogen-bond acceptors (Lipinski definition) is 6. The van der Waals surface area contributed by atoms with Crippen molar-refractivity contribution in [1.82, 2.24) is 4.90 Å². The van der Waals surface area contributed by atoms with Gasteiger partial charge in [-0.05, 0) is 47.3 Å². The van der Waals surface area contributed by atoms with Crippen LogP contribution in [0, 0.1) is 5.41 Å². The van der Waals surface area contributed by atoms with Crippen LogP contribution in [0.3, 0.4) is 0 Å². The lowest BCUT2D eigenvalue weighted by Crippen LogP contribution is -2.38. The number of carboxylic acid groups (broad SMARTS) is 2. The fraction of sp³-hybridized carbons (Fsp3) is 0.462. The van der Waals surface area contributed by atoms with Crippen LogP contribution in [0.15, 0.2) is 24.3 Å². The predicted molar refractivity (Wildman–Crippen MR) is 134 cm³/mol. The smallest absolute Gasteiger partial charge is 0.477 e. The van der Waals surface area contributed by atoms with Gasteiger partial charge < -0.3 is 20.8 Å². The molecule has 4 rings (SSSR count). The van der Waals surface area contributed by atoms with Crippen LogP contribution in [-0.4, -0.2) is 58.0 Å². The van der Waals surface area contributed by atoms with E-state index in [1.807, 2.05) is 30.9 Å². The van der Waals surface area contributed by atoms with Gasteiger partial charge in [-0.1, -0.05) is 38.1 Å². The van der Waals surface area contributed by atoms with Gasteiger partial charge in [0, 0.05) is 31.6 Å². The molecule has 2 aromatic rings. The molecule has 1 aromatic heterocycles. The minimum absolute atomic E-state index is 0.00679. The lowest BCUT2D eigenvalue weighted by molar-refractivity contribution is -0.192. The van der Waals surface area contributed by atoms with Gasteiger partial charge in [0.25, 0.3) is 5.91 Å². The van der Waals surface area contributed by atoms with E-state index in [2.05, 4.69) is 12.1 Å². The van der Waals surface area contributed by atoms with Crippen LogP contribution in [0.5, 0.6) is 0 Å². The van der Waals surface area contributed by atoms with E-state index < -0.39 is 18.1 Å². The summed E-state index contributed by atoms with van der Waals surface area (Å²) in [7, 11) is 0. The molecule has 1 saturated heterocycles. The summed E-state index contributed by atoms with van der Waals surface area (Å²) in [6.45, 7) is 5.71. The molecule has 8 nitrogen and oxygen atoms in total. The number of amides is 1. The average molecular weight is 555 g/mol. The molecule has 0 atom stereocenters. The van der Waals surface area contributed by atoms with Crippen molar-refractivity contribution >= 4 is 35.0 Å². The number of fused-ring (bicyclic) bond motifs is 1. The summed E-state index contributed by atoms with van der Waals surface area (Å²) in [6, 6.07) is 8.30. The van der Waals surface area contributed by atoms with Gasteiger partial charge >= 0.3 is 18.1 Å². The van der Waals surface area contributed by atoms with Gasteiger partial charge in [0.15, 0.2) is 5.78 Å². The van der Waals surface area contributed by atoms with Gasteiger partial charge in [-0.3, -0.25) is 9.59 Å². The molecule has 38 heavy (non-hydrogen) atoms. The number of nitrogens with zero attached hydrogens (tertiary/aromatic N) is 1. The van der Waals surface area contributed by atoms with Crippen LogP contribution in [0.1, 0.15) is 85.4 Å². The number of carboxylic acids is 2. The van der Waals surface area contributed by atoms with Crippen molar-refractivity contribution in [2.24, 2.45) is 11.1 Å². The Labute approximate surface area is 221 Å². The molecule has 2 heterocycles. The van der Waals surface area contributed by atoms with E-state index in [1.54, 1.807) is 0 Å². The molecule has 1 fully saturated rings. The number of rotatable bonds is 4. The number of nitrogens with two attached hydrogens (primary N) is 1. The number of carbonyl (C=O) groups is 4. The van der Waals surface area contributed by atoms with E-state index in [0.29, 0.717) is 48.8 Å². The Morgan fingerprint density at radius 1 is 1.11 bits per heavy atom. The Kier molecular flexibility index (Phi) is 8.67. The van der Waals surface area contributed by atoms with Gasteiger partial charge in [0.05, 0.1) is 4.88 Å². The predicted octanol–water partition coefficient (Wildman–Crippen LogP) is 4.71. The van der Waals surface area contributed by atoms with E-state index >= 15 is 0 Å². The topological polar surface area (TPSA) is 138 Å². The third kappa shape index (κ3) is 6.60. The number of hydrogen-bond donors (Lipinski definition) is 3. The summed E-state index contributed by atoms with van der Waals surface area (Å²) in [4.78, 5) is 49.0. The zero-order valence-corrected chi connectivity index (χ0v) is 21.7. The Morgan fingerprint density at radius 2 is 1.71 bits per heavy atom. The maximum Gasteiger partial charge on any atom is 0.490 e. The average Bonchev–Trinajstić information content (AvgIpc) is 3.22. The van der Waals surface area contributed by atoms with Crippen molar-refractivity contribution < 1.29 is 42.6 Å². The molecule has 206 valence electrons. The monoisotopic (exact) mass is 554 g/mol. The summed E-state index contributed by atoms with van der Waals surface area (Å²) in [6.07, 6.45) is -2.54. The van der Waals surface area contributed by atoms with Crippen LogP contribution in [0.25, 0.3) is 0 Å². The van der Waals surface area contributed by atoms with Gasteiger partial charge in [-0.25, -0.2) is 9.59 Å². The van der Waals surface area contributed by atoms with Crippen molar-refractivity contribution in [3.05, 3.63) is 56.3 Å². The van der Waals surface area contributed by atoms with E-state index in [1.165, 1.54) is 5.56 Å². The number of likely N-dealkylation sites (tertiary alicyclic amines) is 1. The second kappa shape index (κ2) is 11.2. The molecule has 4 N–H and O–H groups in total. The van der Waals surface area contributed by atoms with Crippen molar-refractivity contribution in [3.8, 4) is 0 Å². The molecule has 1 aliphatic carbocycles. The SMILES string of the molecule is CC1(C)CC(=O)c2c(C(=O)O)sc(C(=O)N3CCC(c4cccc(CN)c4)CC3)c2C1.O=C(O)C(F)(F)F. The summed E-state index contributed by atoms with van der Waals surface area (Å²) >= 11 is 0.966. The molecule has 0 bridgehead atoms. The number of piperidine rings is 1. The van der Waals surface area contributed by atoms with Gasteiger partial charge in [-0.15, -0.1) is 11.3 Å². The maximum atomic E-state index is 13.4. The highest BCUT2D eigenvalue weighted by Crippen LogP contribution is 2.42. The molecule has 1 aliphatic heterocycles. The summed E-state index contributed by atoms with van der Waals surface area (Å²) < 4.78 is 31.7. The standard InChI is InChI=1S/C24H28N2O4S.C2HF3O2/c1-24(2)11-17-19(18(27)12-24)21(23(29)30)31-20(17)22(28)26-8-6-15(7-9-26)16-5-3-4-14(10-16)13-25;3-2(4,5)1(6)7/h3-5,10,15H,6-9,11-13,25H2,1-2H3,(H,29,30);(H,6,7). The summed E-state index contributed by atoms with van der Waals surface area (Å²) in [5.41, 5.74) is 8.73. The Morgan fingerprint density at radius 3 is 2.24 bits per heavy atom. The fourth-order valence-electron chi connectivity index (χ4n) is 4.85. The fourth-order valence-corrected chi connectivity index (χ4v) is 5.99. The summed E-state index contributed by atoms with van der Waals surface area (Å²) in [5.74, 6) is -3.83. The van der Waals surface area contributed by atoms with Crippen LogP contribution in [-0.2, 0) is 17.8 Å². The van der Waals surface area contributed by atoms with Gasteiger partial charge in [0.2, 0.25) is 0 Å². The zero-order chi connectivity index (χ0) is 28.4. The molecule has 12 heteroatoms. The number of ketones is 1. The summed E-state index contributed by atoms with van der Waals surface area (Å²) in [5, 5.41) is 16.7. The van der Waals surface area contributed by atoms with E-state index in [0.717, 1.165) is 29.7 Å². The number of carbonyl (C=O) groups excluding carboxylic acids is 2. The van der Waals surface area contributed by atoms with Crippen molar-refractivity contribution in [2.45, 2.75) is 58.2 Å². The first-order valence-corrected chi connectivity index (χ1v) is 12.8. The minimum Gasteiger partial charge on any atom is -0.477 e. The molecular formula is C26H29F3N2O6S. The molecule has 0 unspecified atom stereocenters. The zero-order valence-electron chi connectivity index (χ0n) is 20.9. The van der Waals surface area contributed by atoms with Crippen LogP contribution in [0.2, 0.25) is 0 Å². The van der Waals surface area contributed by atoms with Gasteiger partial charge in [0.1, 0.15) is 4.88 Å². The molecule has 0 spiro atoms. The van der Waals surface area contributed by atoms with E-state index in [4.69, 9.17) is 15.6 Å². The minimum atomic E-state index is -5.08. The van der Waals surface area contributed by atoms with E-state index in [9.17, 15) is 32.7 Å². The quantitative estimate of drug-likeness (QED) is 0.498. The number of thiophene rings is 1. The number of benzene rings is 1. The number of alkyl halides is 3. The first-order valence-electron chi connectivity index (χ1n) is 11.9. The maximum absolute atomic E-state index is 13.4. The first kappa shape index (κ1) is 29.3. The molecule has 0 saturated carbocycles. The highest BCUT2D eigenvalue weighted by Gasteiger charge is 2.40. The number of halogens is 3. The van der Waals surface area contributed by atoms with Crippen molar-refractivity contribution in [2.75, 3.05) is 13.1 Å². The first-order chi connectivity index (χ1) is 17.6. The molecular weight excluding hydrogens is 525 g/mol. The number of Topliss-reactive ketones (excluding diaryl/α,β-unsaturated/α-hetero) is 1. The normalized spacial score (nSPS) is 17.3. The Hall–Kier alpha value is -3.25. The third-order valence-electron chi connectivity index (χ3n) is 6.65. The van der Waals surface area contributed by atoms with Gasteiger partial charge in [-0.2, -0.15) is 13.2 Å². The second-order valence-corrected chi connectivity index (χ2v) is 11.2. The number of aliphatic carboxylic acids is 1.